The SMILES string of the molecule is O=C(COC(=O)C[C@H]1C[C@@H]2CC[C@H]1C2)Nc1ccc(F)cc1. The summed E-state index contributed by atoms with van der Waals surface area (Å²) in [5.41, 5.74) is 0.482. The van der Waals surface area contributed by atoms with E-state index in [9.17, 15) is 14.0 Å². The Hall–Kier alpha value is -1.91. The summed E-state index contributed by atoms with van der Waals surface area (Å²) in [5.74, 6) is 0.830. The van der Waals surface area contributed by atoms with Gasteiger partial charge in [-0.05, 0) is 61.3 Å². The van der Waals surface area contributed by atoms with Crippen LogP contribution in [0.25, 0.3) is 0 Å². The van der Waals surface area contributed by atoms with Crippen molar-refractivity contribution < 1.29 is 18.7 Å². The summed E-state index contributed by atoms with van der Waals surface area (Å²) in [5, 5.41) is 2.56. The molecule has 0 heterocycles. The molecule has 2 fully saturated rings. The van der Waals surface area contributed by atoms with Crippen molar-refractivity contribution in [2.45, 2.75) is 32.1 Å². The van der Waals surface area contributed by atoms with E-state index in [1.54, 1.807) is 0 Å². The molecular weight excluding hydrogens is 285 g/mol. The van der Waals surface area contributed by atoms with Gasteiger partial charge in [-0.25, -0.2) is 4.39 Å². The van der Waals surface area contributed by atoms with Crippen molar-refractivity contribution in [2.24, 2.45) is 17.8 Å². The van der Waals surface area contributed by atoms with Crippen LogP contribution >= 0.6 is 0 Å². The van der Waals surface area contributed by atoms with Crippen molar-refractivity contribution in [1.82, 2.24) is 0 Å². The molecule has 0 radical (unpaired) electrons. The molecule has 2 bridgehead atoms. The number of hydrogen-bond acceptors (Lipinski definition) is 3. The minimum Gasteiger partial charge on any atom is -0.456 e. The van der Waals surface area contributed by atoms with E-state index in [4.69, 9.17) is 4.74 Å². The highest BCUT2D eigenvalue weighted by Crippen LogP contribution is 2.49. The molecule has 2 aliphatic carbocycles. The largest absolute Gasteiger partial charge is 0.456 e. The topological polar surface area (TPSA) is 55.4 Å². The maximum Gasteiger partial charge on any atom is 0.306 e. The van der Waals surface area contributed by atoms with Crippen LogP contribution in [0.5, 0.6) is 0 Å². The normalized spacial score (nSPS) is 26.0. The molecule has 0 unspecified atom stereocenters. The van der Waals surface area contributed by atoms with E-state index in [2.05, 4.69) is 5.32 Å². The number of nitrogens with one attached hydrogen (secondary N) is 1. The van der Waals surface area contributed by atoms with Gasteiger partial charge in [0.15, 0.2) is 6.61 Å². The zero-order chi connectivity index (χ0) is 15.5. The number of rotatable bonds is 5. The molecule has 22 heavy (non-hydrogen) atoms. The maximum absolute atomic E-state index is 12.8. The lowest BCUT2D eigenvalue weighted by molar-refractivity contribution is -0.148. The summed E-state index contributed by atoms with van der Waals surface area (Å²) in [7, 11) is 0. The standard InChI is InChI=1S/C17H20FNO3/c18-14-3-5-15(6-4-14)19-16(20)10-22-17(21)9-13-8-11-1-2-12(13)7-11/h3-6,11-13H,1-2,7-10H2,(H,19,20)/t11-,12+,13-/m1/s1. The van der Waals surface area contributed by atoms with E-state index >= 15 is 0 Å². The molecule has 3 atom stereocenters. The zero-order valence-electron chi connectivity index (χ0n) is 12.4. The van der Waals surface area contributed by atoms with Gasteiger partial charge >= 0.3 is 5.97 Å². The molecule has 1 amide bonds. The fourth-order valence-electron chi connectivity index (χ4n) is 3.78. The van der Waals surface area contributed by atoms with Crippen LogP contribution in [0.3, 0.4) is 0 Å². The van der Waals surface area contributed by atoms with Crippen LogP contribution in [0.1, 0.15) is 32.1 Å². The highest BCUT2D eigenvalue weighted by atomic mass is 19.1. The number of ether oxygens (including phenoxy) is 1. The summed E-state index contributed by atoms with van der Waals surface area (Å²) in [6, 6.07) is 5.45. The number of esters is 1. The molecule has 0 saturated heterocycles. The van der Waals surface area contributed by atoms with Gasteiger partial charge in [0.25, 0.3) is 5.91 Å². The Morgan fingerprint density at radius 1 is 1.18 bits per heavy atom. The second kappa shape index (κ2) is 6.46. The molecule has 5 heteroatoms. The number of carbonyl (C=O) groups is 2. The maximum atomic E-state index is 12.8. The average molecular weight is 305 g/mol. The predicted molar refractivity (Wildman–Crippen MR) is 79.5 cm³/mol. The minimum absolute atomic E-state index is 0.295. The number of carbonyl (C=O) groups excluding carboxylic acids is 2. The monoisotopic (exact) mass is 305 g/mol. The summed E-state index contributed by atoms with van der Waals surface area (Å²) >= 11 is 0. The van der Waals surface area contributed by atoms with E-state index in [1.807, 2.05) is 0 Å². The van der Waals surface area contributed by atoms with Crippen molar-refractivity contribution in [3.05, 3.63) is 30.1 Å². The molecule has 118 valence electrons. The van der Waals surface area contributed by atoms with E-state index < -0.39 is 5.91 Å². The van der Waals surface area contributed by atoms with Crippen LogP contribution in [0.2, 0.25) is 0 Å². The van der Waals surface area contributed by atoms with Gasteiger partial charge in [0.2, 0.25) is 0 Å². The summed E-state index contributed by atoms with van der Waals surface area (Å²) in [6.45, 7) is -0.295. The van der Waals surface area contributed by atoms with E-state index in [0.717, 1.165) is 12.3 Å². The number of halogens is 1. The van der Waals surface area contributed by atoms with Gasteiger partial charge in [0.05, 0.1) is 0 Å². The van der Waals surface area contributed by atoms with Crippen LogP contribution < -0.4 is 5.32 Å². The lowest BCUT2D eigenvalue weighted by Gasteiger charge is -2.20. The Bertz CT molecular complexity index is 558. The zero-order valence-corrected chi connectivity index (χ0v) is 12.4. The van der Waals surface area contributed by atoms with Crippen LogP contribution in [0.4, 0.5) is 10.1 Å². The Labute approximate surface area is 129 Å². The molecule has 1 aromatic rings. The minimum atomic E-state index is -0.409. The van der Waals surface area contributed by atoms with Crippen LogP contribution in [0, 0.1) is 23.6 Å². The van der Waals surface area contributed by atoms with Gasteiger partial charge in [-0.2, -0.15) is 0 Å². The Morgan fingerprint density at radius 2 is 1.95 bits per heavy atom. The quantitative estimate of drug-likeness (QED) is 0.850. The first-order chi connectivity index (χ1) is 10.6. The molecule has 0 spiro atoms. The third kappa shape index (κ3) is 3.64. The van der Waals surface area contributed by atoms with Gasteiger partial charge in [-0.1, -0.05) is 6.42 Å². The van der Waals surface area contributed by atoms with Crippen LogP contribution in [-0.2, 0) is 14.3 Å². The average Bonchev–Trinajstić information content (AvgIpc) is 3.10. The van der Waals surface area contributed by atoms with Crippen molar-refractivity contribution in [3.63, 3.8) is 0 Å². The van der Waals surface area contributed by atoms with Crippen molar-refractivity contribution >= 4 is 17.6 Å². The lowest BCUT2D eigenvalue weighted by Crippen LogP contribution is -2.23. The van der Waals surface area contributed by atoms with Gasteiger partial charge in [0.1, 0.15) is 5.82 Å². The summed E-state index contributed by atoms with van der Waals surface area (Å²) in [4.78, 5) is 23.5. The molecule has 3 rings (SSSR count). The Morgan fingerprint density at radius 3 is 2.59 bits per heavy atom. The Balaban J connectivity index is 1.39. The van der Waals surface area contributed by atoms with Crippen molar-refractivity contribution in [3.8, 4) is 0 Å². The molecule has 2 aliphatic rings. The van der Waals surface area contributed by atoms with Crippen LogP contribution in [0.15, 0.2) is 24.3 Å². The van der Waals surface area contributed by atoms with Gasteiger partial charge in [-0.3, -0.25) is 9.59 Å². The fourth-order valence-corrected chi connectivity index (χ4v) is 3.78. The molecule has 2 saturated carbocycles. The molecule has 4 nitrogen and oxygen atoms in total. The van der Waals surface area contributed by atoms with Crippen molar-refractivity contribution in [2.75, 3.05) is 11.9 Å². The molecule has 1 N–H and O–H groups in total. The molecule has 0 aliphatic heterocycles. The second-order valence-corrected chi connectivity index (χ2v) is 6.35. The molecule has 0 aromatic heterocycles. The van der Waals surface area contributed by atoms with Crippen LogP contribution in [-0.4, -0.2) is 18.5 Å². The third-order valence-corrected chi connectivity index (χ3v) is 4.81. The number of hydrogen-bond donors (Lipinski definition) is 1. The number of anilines is 1. The molecule has 1 aromatic carbocycles. The Kier molecular flexibility index (Phi) is 4.41. The lowest BCUT2D eigenvalue weighted by atomic mass is 9.86. The summed E-state index contributed by atoms with van der Waals surface area (Å²) < 4.78 is 17.8. The third-order valence-electron chi connectivity index (χ3n) is 4.81. The smallest absolute Gasteiger partial charge is 0.306 e. The van der Waals surface area contributed by atoms with E-state index in [-0.39, 0.29) is 18.4 Å². The first-order valence-corrected chi connectivity index (χ1v) is 7.81. The van der Waals surface area contributed by atoms with E-state index in [1.165, 1.54) is 43.5 Å². The number of fused-ring (bicyclic) bond motifs is 2. The molecular formula is C17H20FNO3. The fraction of sp³-hybridized carbons (Fsp3) is 0.529. The van der Waals surface area contributed by atoms with Gasteiger partial charge in [-0.15, -0.1) is 0 Å². The first-order valence-electron chi connectivity index (χ1n) is 7.81. The second-order valence-electron chi connectivity index (χ2n) is 6.35. The highest BCUT2D eigenvalue weighted by molar-refractivity contribution is 5.92. The van der Waals surface area contributed by atoms with E-state index in [0.29, 0.717) is 23.9 Å². The van der Waals surface area contributed by atoms with Crippen molar-refractivity contribution in [1.29, 1.82) is 0 Å². The van der Waals surface area contributed by atoms with Gasteiger partial charge < -0.3 is 10.1 Å². The van der Waals surface area contributed by atoms with Gasteiger partial charge in [0, 0.05) is 12.1 Å². The first kappa shape index (κ1) is 15.0. The summed E-state index contributed by atoms with van der Waals surface area (Å²) in [6.07, 6.45) is 5.33. The predicted octanol–water partition coefficient (Wildman–Crippen LogP) is 3.13. The number of amides is 1. The highest BCUT2D eigenvalue weighted by Gasteiger charge is 2.40. The number of benzene rings is 1.